The van der Waals surface area contributed by atoms with Crippen molar-refractivity contribution in [3.05, 3.63) is 28.7 Å². The summed E-state index contributed by atoms with van der Waals surface area (Å²) in [7, 11) is 0. The molecule has 2 rings (SSSR count). The molecule has 1 aromatic carbocycles. The van der Waals surface area contributed by atoms with Gasteiger partial charge in [0, 0.05) is 15.4 Å². The third kappa shape index (κ3) is 5.02. The van der Waals surface area contributed by atoms with Gasteiger partial charge in [0.05, 0.1) is 0 Å². The highest BCUT2D eigenvalue weighted by molar-refractivity contribution is 9.10. The summed E-state index contributed by atoms with van der Waals surface area (Å²) in [4.78, 5) is 1.36. The molecule has 0 spiro atoms. The maximum Gasteiger partial charge on any atom is 0.0186 e. The van der Waals surface area contributed by atoms with Crippen molar-refractivity contribution in [2.24, 2.45) is 0 Å². The van der Waals surface area contributed by atoms with Gasteiger partial charge in [-0.05, 0) is 49.8 Å². The molecule has 1 aliphatic rings. The van der Waals surface area contributed by atoms with Gasteiger partial charge in [0.2, 0.25) is 0 Å². The third-order valence-corrected chi connectivity index (χ3v) is 4.75. The predicted octanol–water partition coefficient (Wildman–Crippen LogP) is 4.46. The largest absolute Gasteiger partial charge is 0.314 e. The van der Waals surface area contributed by atoms with Gasteiger partial charge in [-0.25, -0.2) is 0 Å². The molecule has 1 N–H and O–H groups in total. The monoisotopic (exact) mass is 313 g/mol. The first-order chi connectivity index (χ1) is 8.34. The summed E-state index contributed by atoms with van der Waals surface area (Å²) >= 11 is 5.45. The van der Waals surface area contributed by atoms with Crippen LogP contribution in [0.4, 0.5) is 0 Å². The van der Waals surface area contributed by atoms with Crippen LogP contribution in [0, 0.1) is 0 Å². The number of hydrogen-bond donors (Lipinski definition) is 1. The molecule has 0 aromatic heterocycles. The van der Waals surface area contributed by atoms with Crippen molar-refractivity contribution < 1.29 is 0 Å². The Morgan fingerprint density at radius 3 is 2.88 bits per heavy atom. The molecule has 17 heavy (non-hydrogen) atoms. The minimum atomic E-state index is 0.811. The van der Waals surface area contributed by atoms with E-state index in [4.69, 9.17) is 0 Å². The Kier molecular flexibility index (Phi) is 5.89. The standard InChI is InChI=1S/C14H20BrNS/c15-12-5-3-8-14(11-12)17-10-4-9-16-13-6-1-2-7-13/h3,5,8,11,13,16H,1-2,4,6-7,9-10H2. The number of rotatable bonds is 6. The molecule has 0 bridgehead atoms. The second kappa shape index (κ2) is 7.45. The summed E-state index contributed by atoms with van der Waals surface area (Å²) in [6, 6.07) is 9.36. The minimum absolute atomic E-state index is 0.811. The van der Waals surface area contributed by atoms with Gasteiger partial charge in [-0.1, -0.05) is 34.8 Å². The topological polar surface area (TPSA) is 12.0 Å². The van der Waals surface area contributed by atoms with Gasteiger partial charge < -0.3 is 5.32 Å². The molecule has 1 fully saturated rings. The molecule has 94 valence electrons. The zero-order valence-corrected chi connectivity index (χ0v) is 12.5. The van der Waals surface area contributed by atoms with Gasteiger partial charge in [-0.2, -0.15) is 0 Å². The van der Waals surface area contributed by atoms with Gasteiger partial charge in [0.15, 0.2) is 0 Å². The molecule has 0 unspecified atom stereocenters. The molecule has 1 aromatic rings. The average Bonchev–Trinajstić information content (AvgIpc) is 2.82. The molecule has 0 radical (unpaired) electrons. The SMILES string of the molecule is Brc1cccc(SCCCNC2CCCC2)c1. The molecule has 3 heteroatoms. The highest BCUT2D eigenvalue weighted by atomic mass is 79.9. The van der Waals surface area contributed by atoms with Crippen molar-refractivity contribution >= 4 is 27.7 Å². The molecule has 0 heterocycles. The number of halogens is 1. The molecular weight excluding hydrogens is 294 g/mol. The summed E-state index contributed by atoms with van der Waals surface area (Å²) in [6.07, 6.45) is 6.88. The van der Waals surface area contributed by atoms with Crippen LogP contribution in [-0.4, -0.2) is 18.3 Å². The fourth-order valence-corrected chi connectivity index (χ4v) is 3.72. The van der Waals surface area contributed by atoms with E-state index in [-0.39, 0.29) is 0 Å². The van der Waals surface area contributed by atoms with Crippen LogP contribution in [-0.2, 0) is 0 Å². The van der Waals surface area contributed by atoms with Crippen molar-refractivity contribution in [3.8, 4) is 0 Å². The Bertz CT molecular complexity index is 337. The lowest BCUT2D eigenvalue weighted by atomic mass is 10.2. The lowest BCUT2D eigenvalue weighted by Gasteiger charge is -2.11. The van der Waals surface area contributed by atoms with Gasteiger partial charge in [-0.15, -0.1) is 11.8 Å². The van der Waals surface area contributed by atoms with Crippen LogP contribution in [0.15, 0.2) is 33.6 Å². The first-order valence-electron chi connectivity index (χ1n) is 6.46. The number of benzene rings is 1. The summed E-state index contributed by atoms with van der Waals surface area (Å²) in [5.74, 6) is 1.20. The second-order valence-electron chi connectivity index (χ2n) is 4.59. The molecular formula is C14H20BrNS. The normalized spacial score (nSPS) is 16.5. The van der Waals surface area contributed by atoms with Crippen LogP contribution in [0.5, 0.6) is 0 Å². The van der Waals surface area contributed by atoms with Crippen LogP contribution in [0.3, 0.4) is 0 Å². The van der Waals surface area contributed by atoms with Crippen LogP contribution in [0.2, 0.25) is 0 Å². The number of thioether (sulfide) groups is 1. The molecule has 0 saturated heterocycles. The van der Waals surface area contributed by atoms with Crippen molar-refractivity contribution in [1.82, 2.24) is 5.32 Å². The van der Waals surface area contributed by atoms with Crippen LogP contribution >= 0.6 is 27.7 Å². The van der Waals surface area contributed by atoms with E-state index >= 15 is 0 Å². The highest BCUT2D eigenvalue weighted by Crippen LogP contribution is 2.22. The van der Waals surface area contributed by atoms with Crippen LogP contribution in [0.25, 0.3) is 0 Å². The Labute approximate surface area is 117 Å². The molecule has 1 nitrogen and oxygen atoms in total. The van der Waals surface area contributed by atoms with E-state index in [1.165, 1.54) is 53.8 Å². The van der Waals surface area contributed by atoms with Crippen LogP contribution in [0.1, 0.15) is 32.1 Å². The van der Waals surface area contributed by atoms with E-state index in [0.29, 0.717) is 0 Å². The lowest BCUT2D eigenvalue weighted by Crippen LogP contribution is -2.27. The predicted molar refractivity (Wildman–Crippen MR) is 79.7 cm³/mol. The number of nitrogens with one attached hydrogen (secondary N) is 1. The second-order valence-corrected chi connectivity index (χ2v) is 6.68. The smallest absolute Gasteiger partial charge is 0.0186 e. The Morgan fingerprint density at radius 2 is 2.12 bits per heavy atom. The van der Waals surface area contributed by atoms with E-state index in [2.05, 4.69) is 45.5 Å². The van der Waals surface area contributed by atoms with Gasteiger partial charge >= 0.3 is 0 Å². The van der Waals surface area contributed by atoms with Crippen molar-refractivity contribution in [1.29, 1.82) is 0 Å². The highest BCUT2D eigenvalue weighted by Gasteiger charge is 2.12. The third-order valence-electron chi connectivity index (χ3n) is 3.17. The molecule has 0 aliphatic heterocycles. The van der Waals surface area contributed by atoms with Crippen molar-refractivity contribution in [3.63, 3.8) is 0 Å². The molecule has 0 atom stereocenters. The quantitative estimate of drug-likeness (QED) is 0.614. The van der Waals surface area contributed by atoms with E-state index in [9.17, 15) is 0 Å². The van der Waals surface area contributed by atoms with E-state index in [1.54, 1.807) is 0 Å². The Morgan fingerprint density at radius 1 is 1.29 bits per heavy atom. The van der Waals surface area contributed by atoms with E-state index in [1.807, 2.05) is 11.8 Å². The van der Waals surface area contributed by atoms with Crippen LogP contribution < -0.4 is 5.32 Å². The lowest BCUT2D eigenvalue weighted by molar-refractivity contribution is 0.525. The van der Waals surface area contributed by atoms with Crippen molar-refractivity contribution in [2.45, 2.75) is 43.0 Å². The minimum Gasteiger partial charge on any atom is -0.314 e. The average molecular weight is 314 g/mol. The summed E-state index contributed by atoms with van der Waals surface area (Å²) < 4.78 is 1.17. The van der Waals surface area contributed by atoms with Gasteiger partial charge in [0.25, 0.3) is 0 Å². The zero-order chi connectivity index (χ0) is 11.9. The fourth-order valence-electron chi connectivity index (χ4n) is 2.26. The maximum absolute atomic E-state index is 3.66. The van der Waals surface area contributed by atoms with E-state index in [0.717, 1.165) is 6.04 Å². The summed E-state index contributed by atoms with van der Waals surface area (Å²) in [5, 5.41) is 3.66. The van der Waals surface area contributed by atoms with Gasteiger partial charge in [0.1, 0.15) is 0 Å². The maximum atomic E-state index is 3.66. The zero-order valence-electron chi connectivity index (χ0n) is 10.1. The summed E-state index contributed by atoms with van der Waals surface area (Å²) in [5.41, 5.74) is 0. The van der Waals surface area contributed by atoms with Crippen molar-refractivity contribution in [2.75, 3.05) is 12.3 Å². The first kappa shape index (κ1) is 13.4. The molecule has 1 aliphatic carbocycles. The fraction of sp³-hybridized carbons (Fsp3) is 0.571. The van der Waals surface area contributed by atoms with E-state index < -0.39 is 0 Å². The summed E-state index contributed by atoms with van der Waals surface area (Å²) in [6.45, 7) is 1.17. The van der Waals surface area contributed by atoms with Gasteiger partial charge in [-0.3, -0.25) is 0 Å². The Balaban J connectivity index is 1.56. The Hall–Kier alpha value is 0.01000. The molecule has 1 saturated carbocycles. The number of hydrogen-bond acceptors (Lipinski definition) is 2. The first-order valence-corrected chi connectivity index (χ1v) is 8.24. The molecule has 0 amide bonds.